The monoisotopic (exact) mass is 249 g/mol. The average molecular weight is 249 g/mol. The summed E-state index contributed by atoms with van der Waals surface area (Å²) in [4.78, 5) is 0. The first kappa shape index (κ1) is 15.0. The van der Waals surface area contributed by atoms with E-state index in [0.717, 1.165) is 25.2 Å². The molecule has 0 saturated carbocycles. The van der Waals surface area contributed by atoms with Crippen LogP contribution in [0.5, 0.6) is 5.75 Å². The summed E-state index contributed by atoms with van der Waals surface area (Å²) in [5, 5.41) is 0. The highest BCUT2D eigenvalue weighted by molar-refractivity contribution is 5.33. The van der Waals surface area contributed by atoms with Crippen LogP contribution < -0.4 is 10.5 Å². The van der Waals surface area contributed by atoms with Crippen LogP contribution in [0.15, 0.2) is 24.3 Å². The number of unbranched alkanes of at least 4 members (excludes halogenated alkanes) is 5. The molecule has 2 nitrogen and oxygen atoms in total. The number of ether oxygens (including phenoxy) is 1. The van der Waals surface area contributed by atoms with Crippen LogP contribution in [-0.2, 0) is 6.42 Å². The Kier molecular flexibility index (Phi) is 8.32. The smallest absolute Gasteiger partial charge is 0.122 e. The number of para-hydroxylation sites is 1. The lowest BCUT2D eigenvalue weighted by Gasteiger charge is -2.10. The molecule has 1 rings (SSSR count). The molecule has 0 unspecified atom stereocenters. The van der Waals surface area contributed by atoms with Crippen molar-refractivity contribution in [3.05, 3.63) is 29.8 Å². The van der Waals surface area contributed by atoms with Gasteiger partial charge in [0, 0.05) is 0 Å². The predicted molar refractivity (Wildman–Crippen MR) is 78.1 cm³/mol. The van der Waals surface area contributed by atoms with E-state index in [0.29, 0.717) is 6.54 Å². The molecule has 0 saturated heterocycles. The van der Waals surface area contributed by atoms with Crippen molar-refractivity contribution in [2.24, 2.45) is 5.73 Å². The number of hydrogen-bond acceptors (Lipinski definition) is 2. The molecule has 2 N–H and O–H groups in total. The molecular weight excluding hydrogens is 222 g/mol. The summed E-state index contributed by atoms with van der Waals surface area (Å²) < 4.78 is 5.84. The minimum atomic E-state index is 0.678. The summed E-state index contributed by atoms with van der Waals surface area (Å²) in [7, 11) is 0. The van der Waals surface area contributed by atoms with Gasteiger partial charge in [-0.05, 0) is 31.0 Å². The van der Waals surface area contributed by atoms with Gasteiger partial charge in [-0.15, -0.1) is 0 Å². The first-order chi connectivity index (χ1) is 8.88. The van der Waals surface area contributed by atoms with Gasteiger partial charge in [0.25, 0.3) is 0 Å². The molecule has 0 amide bonds. The van der Waals surface area contributed by atoms with Gasteiger partial charge in [0.15, 0.2) is 0 Å². The second-order valence-electron chi connectivity index (χ2n) is 4.76. The van der Waals surface area contributed by atoms with E-state index < -0.39 is 0 Å². The Morgan fingerprint density at radius 1 is 1.00 bits per heavy atom. The third-order valence-electron chi connectivity index (χ3n) is 3.14. The topological polar surface area (TPSA) is 35.2 Å². The molecule has 0 aliphatic heterocycles. The van der Waals surface area contributed by atoms with Gasteiger partial charge in [0.05, 0.1) is 6.61 Å². The number of nitrogens with two attached hydrogens (primary N) is 1. The Labute approximate surface area is 112 Å². The molecular formula is C16H27NO. The molecule has 0 fully saturated rings. The largest absolute Gasteiger partial charge is 0.493 e. The average Bonchev–Trinajstić information content (AvgIpc) is 2.40. The van der Waals surface area contributed by atoms with Gasteiger partial charge in [-0.2, -0.15) is 0 Å². The molecule has 0 atom stereocenters. The van der Waals surface area contributed by atoms with Crippen molar-refractivity contribution in [2.75, 3.05) is 13.2 Å². The minimum Gasteiger partial charge on any atom is -0.493 e. The molecule has 0 aliphatic carbocycles. The maximum absolute atomic E-state index is 5.84. The summed E-state index contributed by atoms with van der Waals surface area (Å²) in [6, 6.07) is 8.21. The Morgan fingerprint density at radius 2 is 1.72 bits per heavy atom. The third kappa shape index (κ3) is 6.06. The van der Waals surface area contributed by atoms with Crippen molar-refractivity contribution in [3.8, 4) is 5.75 Å². The quantitative estimate of drug-likeness (QED) is 0.638. The van der Waals surface area contributed by atoms with Crippen LogP contribution in [0.1, 0.15) is 51.0 Å². The summed E-state index contributed by atoms with van der Waals surface area (Å²) >= 11 is 0. The molecule has 1 aromatic rings. The fourth-order valence-electron chi connectivity index (χ4n) is 2.07. The molecule has 1 aromatic carbocycles. The van der Waals surface area contributed by atoms with E-state index in [4.69, 9.17) is 10.5 Å². The van der Waals surface area contributed by atoms with Gasteiger partial charge in [-0.3, -0.25) is 0 Å². The molecule has 2 heteroatoms. The second-order valence-corrected chi connectivity index (χ2v) is 4.76. The summed E-state index contributed by atoms with van der Waals surface area (Å²) in [5.41, 5.74) is 6.82. The van der Waals surface area contributed by atoms with Crippen LogP contribution in [0, 0.1) is 0 Å². The lowest BCUT2D eigenvalue weighted by Crippen LogP contribution is -2.06. The molecule has 0 radical (unpaired) electrons. The SMILES string of the molecule is CCCCCCCCOc1ccccc1CCN. The Balaban J connectivity index is 2.18. The fraction of sp³-hybridized carbons (Fsp3) is 0.625. The van der Waals surface area contributed by atoms with Crippen LogP contribution in [0.25, 0.3) is 0 Å². The molecule has 0 spiro atoms. The number of rotatable bonds is 10. The first-order valence-electron chi connectivity index (χ1n) is 7.29. The Morgan fingerprint density at radius 3 is 2.50 bits per heavy atom. The lowest BCUT2D eigenvalue weighted by atomic mass is 10.1. The molecule has 102 valence electrons. The number of benzene rings is 1. The molecule has 0 bridgehead atoms. The molecule has 0 aliphatic rings. The van der Waals surface area contributed by atoms with Gasteiger partial charge in [-0.1, -0.05) is 57.2 Å². The van der Waals surface area contributed by atoms with E-state index in [1.165, 1.54) is 37.7 Å². The van der Waals surface area contributed by atoms with E-state index in [-0.39, 0.29) is 0 Å². The zero-order valence-corrected chi connectivity index (χ0v) is 11.7. The third-order valence-corrected chi connectivity index (χ3v) is 3.14. The van der Waals surface area contributed by atoms with Gasteiger partial charge in [0.2, 0.25) is 0 Å². The predicted octanol–water partition coefficient (Wildman–Crippen LogP) is 3.93. The van der Waals surface area contributed by atoms with Gasteiger partial charge < -0.3 is 10.5 Å². The van der Waals surface area contributed by atoms with E-state index in [2.05, 4.69) is 13.0 Å². The van der Waals surface area contributed by atoms with Crippen molar-refractivity contribution in [2.45, 2.75) is 51.9 Å². The van der Waals surface area contributed by atoms with E-state index in [1.54, 1.807) is 0 Å². The fourth-order valence-corrected chi connectivity index (χ4v) is 2.07. The van der Waals surface area contributed by atoms with Crippen molar-refractivity contribution >= 4 is 0 Å². The molecule has 18 heavy (non-hydrogen) atoms. The van der Waals surface area contributed by atoms with Crippen LogP contribution in [-0.4, -0.2) is 13.2 Å². The van der Waals surface area contributed by atoms with E-state index in [9.17, 15) is 0 Å². The van der Waals surface area contributed by atoms with Crippen molar-refractivity contribution < 1.29 is 4.74 Å². The van der Waals surface area contributed by atoms with Gasteiger partial charge in [-0.25, -0.2) is 0 Å². The van der Waals surface area contributed by atoms with E-state index in [1.807, 2.05) is 18.2 Å². The lowest BCUT2D eigenvalue weighted by molar-refractivity contribution is 0.301. The zero-order valence-electron chi connectivity index (χ0n) is 11.7. The normalized spacial score (nSPS) is 10.6. The zero-order chi connectivity index (χ0) is 13.1. The second kappa shape index (κ2) is 9.95. The molecule has 0 heterocycles. The van der Waals surface area contributed by atoms with Gasteiger partial charge in [0.1, 0.15) is 5.75 Å². The summed E-state index contributed by atoms with van der Waals surface area (Å²) in [6.45, 7) is 3.75. The minimum absolute atomic E-state index is 0.678. The first-order valence-corrected chi connectivity index (χ1v) is 7.29. The highest BCUT2D eigenvalue weighted by atomic mass is 16.5. The van der Waals surface area contributed by atoms with E-state index >= 15 is 0 Å². The molecule has 0 aromatic heterocycles. The standard InChI is InChI=1S/C16H27NO/c1-2-3-4-5-6-9-14-18-16-11-8-7-10-15(16)12-13-17/h7-8,10-11H,2-6,9,12-14,17H2,1H3. The maximum Gasteiger partial charge on any atom is 0.122 e. The van der Waals surface area contributed by atoms with Crippen LogP contribution in [0.2, 0.25) is 0 Å². The Hall–Kier alpha value is -1.02. The number of hydrogen-bond donors (Lipinski definition) is 1. The van der Waals surface area contributed by atoms with Gasteiger partial charge >= 0.3 is 0 Å². The van der Waals surface area contributed by atoms with Crippen molar-refractivity contribution in [1.82, 2.24) is 0 Å². The van der Waals surface area contributed by atoms with Crippen LogP contribution in [0.3, 0.4) is 0 Å². The van der Waals surface area contributed by atoms with Crippen LogP contribution in [0.4, 0.5) is 0 Å². The van der Waals surface area contributed by atoms with Crippen LogP contribution >= 0.6 is 0 Å². The highest BCUT2D eigenvalue weighted by Crippen LogP contribution is 2.18. The summed E-state index contributed by atoms with van der Waals surface area (Å²) in [6.07, 6.45) is 8.69. The maximum atomic E-state index is 5.84. The van der Waals surface area contributed by atoms with Crippen molar-refractivity contribution in [3.63, 3.8) is 0 Å². The van der Waals surface area contributed by atoms with Crippen molar-refractivity contribution in [1.29, 1.82) is 0 Å². The summed E-state index contributed by atoms with van der Waals surface area (Å²) in [5.74, 6) is 1.01. The Bertz CT molecular complexity index is 312. The highest BCUT2D eigenvalue weighted by Gasteiger charge is 2.01.